The van der Waals surface area contributed by atoms with Crippen molar-refractivity contribution in [2.24, 2.45) is 0 Å². The van der Waals surface area contributed by atoms with Gasteiger partial charge in [-0.15, -0.1) is 0 Å². The van der Waals surface area contributed by atoms with Gasteiger partial charge in [-0.05, 0) is 0 Å². The summed E-state index contributed by atoms with van der Waals surface area (Å²) in [5, 5.41) is 0. The summed E-state index contributed by atoms with van der Waals surface area (Å²) in [5.74, 6) is -1.69. The van der Waals surface area contributed by atoms with Crippen LogP contribution >= 0.6 is 0 Å². The van der Waals surface area contributed by atoms with Crippen LogP contribution in [-0.4, -0.2) is 48.9 Å². The van der Waals surface area contributed by atoms with Gasteiger partial charge in [0.15, 0.2) is 12.9 Å². The lowest BCUT2D eigenvalue weighted by molar-refractivity contribution is -0.230. The molecule has 0 bridgehead atoms. The molecule has 1 fully saturated rings. The number of ether oxygens (including phenoxy) is 4. The number of nitrogens with zero attached hydrogens (tertiary/aromatic N) is 2. The fourth-order valence-corrected chi connectivity index (χ4v) is 1.79. The molecule has 0 aliphatic carbocycles. The SMILES string of the molecule is [N-]=[N+]=CC(=O)OCC(=O)OC1COC(c2ccccc2)OC1. The van der Waals surface area contributed by atoms with E-state index in [0.29, 0.717) is 6.21 Å². The van der Waals surface area contributed by atoms with E-state index in [1.807, 2.05) is 30.3 Å². The molecule has 2 rings (SSSR count). The molecule has 116 valence electrons. The van der Waals surface area contributed by atoms with Gasteiger partial charge in [-0.1, -0.05) is 30.3 Å². The molecule has 8 nitrogen and oxygen atoms in total. The van der Waals surface area contributed by atoms with E-state index in [1.54, 1.807) is 0 Å². The van der Waals surface area contributed by atoms with Gasteiger partial charge in [0.25, 0.3) is 0 Å². The van der Waals surface area contributed by atoms with Gasteiger partial charge in [-0.2, -0.15) is 4.79 Å². The van der Waals surface area contributed by atoms with Crippen molar-refractivity contribution in [3.05, 3.63) is 41.4 Å². The van der Waals surface area contributed by atoms with Crippen LogP contribution in [0.2, 0.25) is 0 Å². The Morgan fingerprint density at radius 2 is 1.95 bits per heavy atom. The molecule has 22 heavy (non-hydrogen) atoms. The Bertz CT molecular complexity index is 562. The molecule has 0 radical (unpaired) electrons. The second kappa shape index (κ2) is 8.04. The third kappa shape index (κ3) is 4.78. The van der Waals surface area contributed by atoms with E-state index in [-0.39, 0.29) is 13.2 Å². The first-order valence-corrected chi connectivity index (χ1v) is 6.51. The van der Waals surface area contributed by atoms with Crippen LogP contribution in [0.1, 0.15) is 11.9 Å². The van der Waals surface area contributed by atoms with Crippen molar-refractivity contribution < 1.29 is 33.3 Å². The Hall–Kier alpha value is -2.54. The van der Waals surface area contributed by atoms with E-state index in [0.717, 1.165) is 5.56 Å². The van der Waals surface area contributed by atoms with Crippen LogP contribution in [-0.2, 0) is 28.5 Å². The Kier molecular flexibility index (Phi) is 5.79. The zero-order valence-corrected chi connectivity index (χ0v) is 11.6. The fourth-order valence-electron chi connectivity index (χ4n) is 1.79. The maximum Gasteiger partial charge on any atom is 0.414 e. The molecule has 1 saturated heterocycles. The van der Waals surface area contributed by atoms with Gasteiger partial charge >= 0.3 is 18.2 Å². The summed E-state index contributed by atoms with van der Waals surface area (Å²) in [6.45, 7) is -0.224. The second-order valence-electron chi connectivity index (χ2n) is 4.37. The molecule has 0 aromatic heterocycles. The summed E-state index contributed by atoms with van der Waals surface area (Å²) in [7, 11) is 0. The third-order valence-corrected chi connectivity index (χ3v) is 2.73. The van der Waals surface area contributed by atoms with Crippen molar-refractivity contribution in [1.82, 2.24) is 0 Å². The highest BCUT2D eigenvalue weighted by atomic mass is 16.7. The lowest BCUT2D eigenvalue weighted by Crippen LogP contribution is -2.36. The van der Waals surface area contributed by atoms with E-state index in [2.05, 4.69) is 9.53 Å². The van der Waals surface area contributed by atoms with Crippen molar-refractivity contribution in [1.29, 1.82) is 0 Å². The average molecular weight is 306 g/mol. The molecule has 1 aliphatic rings. The lowest BCUT2D eigenvalue weighted by atomic mass is 10.2. The number of carbonyl (C=O) groups excluding carboxylic acids is 2. The summed E-state index contributed by atoms with van der Waals surface area (Å²) in [4.78, 5) is 24.8. The highest BCUT2D eigenvalue weighted by Gasteiger charge is 2.26. The highest BCUT2D eigenvalue weighted by molar-refractivity contribution is 6.20. The Labute approximate surface area is 126 Å². The minimum Gasteiger partial charge on any atom is -0.455 e. The maximum atomic E-state index is 11.5. The van der Waals surface area contributed by atoms with Gasteiger partial charge in [0.05, 0.1) is 13.2 Å². The quantitative estimate of drug-likeness (QED) is 0.339. The Balaban J connectivity index is 1.72. The van der Waals surface area contributed by atoms with Gasteiger partial charge < -0.3 is 24.5 Å². The number of rotatable bonds is 5. The van der Waals surface area contributed by atoms with Crippen LogP contribution in [0.3, 0.4) is 0 Å². The van der Waals surface area contributed by atoms with Crippen LogP contribution in [0, 0.1) is 0 Å². The van der Waals surface area contributed by atoms with Crippen molar-refractivity contribution in [2.75, 3.05) is 19.8 Å². The summed E-state index contributed by atoms with van der Waals surface area (Å²) in [6.07, 6.45) is -0.530. The normalized spacial score (nSPS) is 20.5. The molecule has 0 saturated carbocycles. The predicted octanol–water partition coefficient (Wildman–Crippen LogP) is 0.488. The van der Waals surface area contributed by atoms with Gasteiger partial charge in [0.1, 0.15) is 6.10 Å². The highest BCUT2D eigenvalue weighted by Crippen LogP contribution is 2.23. The lowest BCUT2D eigenvalue weighted by Gasteiger charge is -2.29. The van der Waals surface area contributed by atoms with E-state index < -0.39 is 30.9 Å². The van der Waals surface area contributed by atoms with E-state index >= 15 is 0 Å². The van der Waals surface area contributed by atoms with Gasteiger partial charge in [-0.25, -0.2) is 9.59 Å². The summed E-state index contributed by atoms with van der Waals surface area (Å²) in [6, 6.07) is 9.38. The minimum absolute atomic E-state index is 0.178. The first-order chi connectivity index (χ1) is 10.7. The van der Waals surface area contributed by atoms with Crippen LogP contribution in [0.4, 0.5) is 0 Å². The standard InChI is InChI=1S/C14H14N2O6/c15-16-6-12(17)19-9-13(18)22-11-7-20-14(21-8-11)10-4-2-1-3-5-10/h1-6,11,14H,7-9H2. The predicted molar refractivity (Wildman–Crippen MR) is 71.6 cm³/mol. The largest absolute Gasteiger partial charge is 0.455 e. The van der Waals surface area contributed by atoms with Crippen molar-refractivity contribution >= 4 is 18.2 Å². The molecule has 0 amide bonds. The van der Waals surface area contributed by atoms with Crippen LogP contribution in [0.15, 0.2) is 30.3 Å². The van der Waals surface area contributed by atoms with Crippen molar-refractivity contribution in [2.45, 2.75) is 12.4 Å². The van der Waals surface area contributed by atoms with Gasteiger partial charge in [-0.3, -0.25) is 0 Å². The summed E-state index contributed by atoms with van der Waals surface area (Å²) in [5.41, 5.74) is 8.98. The molecule has 1 heterocycles. The Morgan fingerprint density at radius 3 is 2.59 bits per heavy atom. The smallest absolute Gasteiger partial charge is 0.414 e. The summed E-state index contributed by atoms with van der Waals surface area (Å²) < 4.78 is 20.5. The van der Waals surface area contributed by atoms with Crippen molar-refractivity contribution in [3.8, 4) is 0 Å². The third-order valence-electron chi connectivity index (χ3n) is 2.73. The molecule has 0 atom stereocenters. The van der Waals surface area contributed by atoms with E-state index in [9.17, 15) is 9.59 Å². The van der Waals surface area contributed by atoms with E-state index in [1.165, 1.54) is 0 Å². The molecule has 8 heteroatoms. The molecular formula is C14H14N2O6. The van der Waals surface area contributed by atoms with Crippen molar-refractivity contribution in [3.63, 3.8) is 0 Å². The fraction of sp³-hybridized carbons (Fsp3) is 0.357. The molecule has 1 aromatic rings. The van der Waals surface area contributed by atoms with Crippen LogP contribution < -0.4 is 0 Å². The average Bonchev–Trinajstić information content (AvgIpc) is 2.55. The van der Waals surface area contributed by atoms with Gasteiger partial charge in [0, 0.05) is 5.56 Å². The number of hydrogen-bond acceptors (Lipinski definition) is 6. The first kappa shape index (κ1) is 15.8. The minimum atomic E-state index is -0.945. The molecule has 1 aliphatic heterocycles. The molecule has 0 unspecified atom stereocenters. The zero-order chi connectivity index (χ0) is 15.8. The van der Waals surface area contributed by atoms with Crippen LogP contribution in [0.25, 0.3) is 5.53 Å². The molecule has 0 spiro atoms. The molecule has 1 aromatic carbocycles. The second-order valence-corrected chi connectivity index (χ2v) is 4.37. The van der Waals surface area contributed by atoms with Crippen LogP contribution in [0.5, 0.6) is 0 Å². The monoisotopic (exact) mass is 306 g/mol. The maximum absolute atomic E-state index is 11.5. The summed E-state index contributed by atoms with van der Waals surface area (Å²) >= 11 is 0. The number of esters is 2. The first-order valence-electron chi connectivity index (χ1n) is 6.51. The molecule has 0 N–H and O–H groups in total. The number of benzene rings is 1. The number of carbonyl (C=O) groups is 2. The van der Waals surface area contributed by atoms with Gasteiger partial charge in [0.2, 0.25) is 0 Å². The zero-order valence-electron chi connectivity index (χ0n) is 11.6. The molecular weight excluding hydrogens is 292 g/mol. The number of hydrogen-bond donors (Lipinski definition) is 0. The Morgan fingerprint density at radius 1 is 1.27 bits per heavy atom. The topological polar surface area (TPSA) is 107 Å². The van der Waals surface area contributed by atoms with E-state index in [4.69, 9.17) is 19.7 Å².